The fourth-order valence-electron chi connectivity index (χ4n) is 15.3. The van der Waals surface area contributed by atoms with Crippen molar-refractivity contribution < 1.29 is 103 Å². The molecule has 0 saturated carbocycles. The lowest BCUT2D eigenvalue weighted by Crippen LogP contribution is -2.49. The number of esters is 2. The van der Waals surface area contributed by atoms with E-state index in [4.69, 9.17) is 47.4 Å². The molecule has 2 saturated heterocycles. The standard InChI is InChI=1S/C95H130N14O24S4/c1-91(2,3)132-87(116)69(57-77(110)83-94(9,10)134-65-106(83)136(120,121)73-19-13-33-96-59-73)55-67-23-27-71(28-24-67)108-85-75(21-15-35-102-85)104(89(108)118)61-81(114)100-39-45-128-49-47-126-43-31-79(112)98-37-17-41-124-51-53-130-63-93(7,8)64-131-54-52-125-42-18-38-99-80(113)32-44-127-48-50-129-46-40-101-82(115)62-105-76-22-16-36-103-86(76)109(90(105)119)72-29-25-68(26-30-72)56-70(88(117)133-92(4,5)6)58-78(111)84-95(11,12)135-66-107(84)137(122,123)74-20-14-34-97-60-74/h13-16,19-30,33-36,59-60,69-70,83-84H,17-18,31-32,37-58,61-66H2,1-12H3,(H,98,112)(H,99,113)(H,100,114)(H,101,115)/t69-,70-,83?,84?/m1/s1. The number of aromatic nitrogens is 8. The summed E-state index contributed by atoms with van der Waals surface area (Å²) >= 11 is 2.66. The molecule has 2 unspecified atom stereocenters. The van der Waals surface area contributed by atoms with E-state index >= 15 is 0 Å². The van der Waals surface area contributed by atoms with E-state index in [0.717, 1.165) is 0 Å². The number of rotatable bonds is 58. The first-order valence-electron chi connectivity index (χ1n) is 45.8. The van der Waals surface area contributed by atoms with Gasteiger partial charge in [-0.3, -0.25) is 57.5 Å². The molecule has 6 aromatic heterocycles. The van der Waals surface area contributed by atoms with Crippen LogP contribution in [0.3, 0.4) is 0 Å². The van der Waals surface area contributed by atoms with Gasteiger partial charge in [0.2, 0.25) is 43.7 Å². The van der Waals surface area contributed by atoms with Crippen molar-refractivity contribution in [2.75, 3.05) is 144 Å². The molecule has 0 radical (unpaired) electrons. The molecule has 4 N–H and O–H groups in total. The van der Waals surface area contributed by atoms with Gasteiger partial charge in [-0.2, -0.15) is 8.61 Å². The van der Waals surface area contributed by atoms with Crippen molar-refractivity contribution in [1.29, 1.82) is 0 Å². The Morgan fingerprint density at radius 3 is 1.13 bits per heavy atom. The second-order valence-electron chi connectivity index (χ2n) is 36.9. The number of carbonyl (C=O) groups excluding carboxylic acids is 8. The number of pyridine rings is 4. The van der Waals surface area contributed by atoms with Crippen LogP contribution in [0.1, 0.15) is 133 Å². The quantitative estimate of drug-likeness (QED) is 0.0213. The van der Waals surface area contributed by atoms with Gasteiger partial charge >= 0.3 is 23.3 Å². The molecule has 8 aromatic rings. The Kier molecular flexibility index (Phi) is 40.7. The lowest BCUT2D eigenvalue weighted by atomic mass is 9.88. The molecule has 2 fully saturated rings. The van der Waals surface area contributed by atoms with Crippen molar-refractivity contribution in [2.24, 2.45) is 17.3 Å². The van der Waals surface area contributed by atoms with E-state index in [-0.39, 0.29) is 156 Å². The zero-order valence-corrected chi connectivity index (χ0v) is 83.3. The summed E-state index contributed by atoms with van der Waals surface area (Å²) < 4.78 is 119. The van der Waals surface area contributed by atoms with E-state index < -0.39 is 111 Å². The highest BCUT2D eigenvalue weighted by molar-refractivity contribution is 8.02. The van der Waals surface area contributed by atoms with Crippen molar-refractivity contribution >= 4 is 113 Å². The van der Waals surface area contributed by atoms with E-state index in [9.17, 15) is 64.8 Å². The second kappa shape index (κ2) is 51.2. The zero-order chi connectivity index (χ0) is 99.1. The number of Topliss-reactive ketones (excluding diaryl/α,β-unsaturated/α-hetero) is 2. The molecule has 2 aromatic carbocycles. The van der Waals surface area contributed by atoms with Crippen LogP contribution >= 0.6 is 23.5 Å². The maximum atomic E-state index is 14.4. The predicted molar refractivity (Wildman–Crippen MR) is 514 cm³/mol. The maximum absolute atomic E-state index is 14.4. The van der Waals surface area contributed by atoms with E-state index in [2.05, 4.69) is 41.2 Å². The Balaban J connectivity index is 0.502. The third-order valence-corrected chi connectivity index (χ3v) is 28.6. The molecule has 0 bridgehead atoms. The van der Waals surface area contributed by atoms with Gasteiger partial charge in [-0.15, -0.1) is 23.5 Å². The van der Waals surface area contributed by atoms with Gasteiger partial charge in [-0.05, 0) is 179 Å². The highest BCUT2D eigenvalue weighted by Gasteiger charge is 2.53. The van der Waals surface area contributed by atoms with Crippen LogP contribution in [0.2, 0.25) is 0 Å². The number of nitrogens with zero attached hydrogens (tertiary/aromatic N) is 10. The Labute approximate surface area is 807 Å². The summed E-state index contributed by atoms with van der Waals surface area (Å²) in [6.07, 6.45) is 9.56. The molecule has 0 aliphatic carbocycles. The smallest absolute Gasteiger partial charge is 0.335 e. The molecular formula is C95H130N14O24S4. The Bertz CT molecular complexity index is 5370. The van der Waals surface area contributed by atoms with Crippen LogP contribution in [0, 0.1) is 17.3 Å². The SMILES string of the molecule is CC(C)(COCCOCCCNC(=O)CCOCCOCCNC(=O)Cn1c(=O)n(-c2ccc(C[C@H](CC(=O)C3N(S(=O)(=O)c4cccnc4)CSC3(C)C)C(=O)OC(C)(C)C)cc2)c2ncccc21)COCCOCCCNC(=O)CCOCCOCCNC(=O)Cn1c(=O)n(-c2ccc(C[C@H](CC(=O)C3N(S(=O)(=O)c4cccnc4)CSC3(C)C)C(=O)OC(C)(C)C)cc2)c2ncccc21. The maximum Gasteiger partial charge on any atom is 0.335 e. The van der Waals surface area contributed by atoms with E-state index in [1.807, 2.05) is 41.5 Å². The fraction of sp³-hybridized carbons (Fsp3) is 0.558. The molecule has 4 amide bonds. The van der Waals surface area contributed by atoms with Crippen molar-refractivity contribution in [3.63, 3.8) is 0 Å². The molecule has 748 valence electrons. The highest BCUT2D eigenvalue weighted by atomic mass is 32.2. The number of hydrogen-bond acceptors (Lipinski definition) is 30. The lowest BCUT2D eigenvalue weighted by molar-refractivity contribution is -0.162. The topological polar surface area (TPSA) is 457 Å². The van der Waals surface area contributed by atoms with Crippen LogP contribution in [0.4, 0.5) is 0 Å². The van der Waals surface area contributed by atoms with Gasteiger partial charge in [0.15, 0.2) is 22.9 Å². The third-order valence-electron chi connectivity index (χ3n) is 22.0. The average molecular weight is 1980 g/mol. The molecule has 4 atom stereocenters. The minimum atomic E-state index is -4.12. The first kappa shape index (κ1) is 109. The summed E-state index contributed by atoms with van der Waals surface area (Å²) in [5.74, 6) is -5.18. The molecule has 2 aliphatic rings. The van der Waals surface area contributed by atoms with E-state index in [1.165, 1.54) is 112 Å². The predicted octanol–water partition coefficient (Wildman–Crippen LogP) is 7.37. The van der Waals surface area contributed by atoms with Crippen LogP contribution in [0.15, 0.2) is 154 Å². The van der Waals surface area contributed by atoms with Gasteiger partial charge in [0.05, 0.1) is 151 Å². The van der Waals surface area contributed by atoms with Crippen LogP contribution in [0.25, 0.3) is 33.7 Å². The minimum absolute atomic E-state index is 0.0369. The largest absolute Gasteiger partial charge is 0.460 e. The monoisotopic (exact) mass is 1980 g/mol. The average Bonchev–Trinajstić information content (AvgIpc) is 1.60. The number of hydrogen-bond donors (Lipinski definition) is 4. The van der Waals surface area contributed by atoms with Crippen LogP contribution in [0.5, 0.6) is 0 Å². The van der Waals surface area contributed by atoms with Gasteiger partial charge in [0, 0.05) is 117 Å². The van der Waals surface area contributed by atoms with Gasteiger partial charge < -0.3 is 68.6 Å². The first-order chi connectivity index (χ1) is 65.1. The van der Waals surface area contributed by atoms with Crippen molar-refractivity contribution in [3.8, 4) is 11.4 Å². The molecule has 10 rings (SSSR count). The number of sulfonamides is 2. The minimum Gasteiger partial charge on any atom is -0.460 e. The van der Waals surface area contributed by atoms with Crippen LogP contribution in [-0.2, 0) is 132 Å². The van der Waals surface area contributed by atoms with Gasteiger partial charge in [-0.1, -0.05) is 38.1 Å². The number of ketones is 2. The first-order valence-corrected chi connectivity index (χ1v) is 50.6. The summed E-state index contributed by atoms with van der Waals surface area (Å²) in [4.78, 5) is 153. The molecule has 8 heterocycles. The number of benzene rings is 2. The van der Waals surface area contributed by atoms with Gasteiger partial charge in [-0.25, -0.2) is 45.5 Å². The highest BCUT2D eigenvalue weighted by Crippen LogP contribution is 2.45. The molecule has 2 aliphatic heterocycles. The Morgan fingerprint density at radius 2 is 0.774 bits per heavy atom. The number of ether oxygens (including phenoxy) is 10. The fourth-order valence-corrected chi connectivity index (χ4v) is 21.7. The molecule has 137 heavy (non-hydrogen) atoms. The summed E-state index contributed by atoms with van der Waals surface area (Å²) in [7, 11) is -8.23. The normalized spacial score (nSPS) is 15.8. The third kappa shape index (κ3) is 32.5. The Hall–Kier alpha value is -10.1. The second-order valence-corrected chi connectivity index (χ2v) is 43.9. The molecule has 42 heteroatoms. The van der Waals surface area contributed by atoms with Crippen LogP contribution < -0.4 is 32.6 Å². The number of carbonyl (C=O) groups is 8. The Morgan fingerprint density at radius 1 is 0.431 bits per heavy atom. The van der Waals surface area contributed by atoms with Crippen molar-refractivity contribution in [3.05, 3.63) is 166 Å². The van der Waals surface area contributed by atoms with Gasteiger partial charge in [0.25, 0.3) is 0 Å². The molecule has 0 spiro atoms. The van der Waals surface area contributed by atoms with Crippen LogP contribution in [-0.4, -0.2) is 287 Å². The number of thioether (sulfide) groups is 2. The number of nitrogens with one attached hydrogen (secondary N) is 4. The summed E-state index contributed by atoms with van der Waals surface area (Å²) in [6.45, 7) is 27.2. The summed E-state index contributed by atoms with van der Waals surface area (Å²) in [5.41, 5.74) is 0.556. The number of amides is 4. The van der Waals surface area contributed by atoms with E-state index in [0.29, 0.717) is 124 Å². The lowest BCUT2D eigenvalue weighted by Gasteiger charge is -2.31. The number of fused-ring (bicyclic) bond motifs is 2. The van der Waals surface area contributed by atoms with Crippen molar-refractivity contribution in [2.45, 2.75) is 190 Å². The molecular weight excluding hydrogens is 1850 g/mol. The summed E-state index contributed by atoms with van der Waals surface area (Å²) in [5, 5.41) is 11.3. The zero-order valence-electron chi connectivity index (χ0n) is 80.0. The van der Waals surface area contributed by atoms with E-state index in [1.54, 1.807) is 114 Å². The molecule has 38 nitrogen and oxygen atoms in total. The van der Waals surface area contributed by atoms with Crippen molar-refractivity contribution in [1.82, 2.24) is 68.1 Å². The summed E-state index contributed by atoms with van der Waals surface area (Å²) in [6, 6.07) is 24.1. The number of imidazole rings is 2. The van der Waals surface area contributed by atoms with Gasteiger partial charge in [0.1, 0.15) is 34.1 Å².